The lowest BCUT2D eigenvalue weighted by Gasteiger charge is -2.08. The molecule has 0 aliphatic heterocycles. The van der Waals surface area contributed by atoms with Gasteiger partial charge in [-0.05, 0) is 32.8 Å². The van der Waals surface area contributed by atoms with Gasteiger partial charge in [-0.1, -0.05) is 30.3 Å². The van der Waals surface area contributed by atoms with Crippen LogP contribution in [0.3, 0.4) is 0 Å². The number of fused-ring (bicyclic) bond motifs is 1. The zero-order valence-electron chi connectivity index (χ0n) is 8.16. The largest absolute Gasteiger partial charge is 0.496 e. The topological polar surface area (TPSA) is 26.3 Å². The van der Waals surface area contributed by atoms with E-state index in [1.165, 1.54) is 0 Å². The molecule has 0 N–H and O–H groups in total. The standard InChI is InChI=1S/C12H9BrO2/c1-15-10-7-6-8-4-2-3-5-9(8)11(10)12(13)14/h2-7H,1H3. The first kappa shape index (κ1) is 10.2. The van der Waals surface area contributed by atoms with E-state index >= 15 is 0 Å². The Hall–Kier alpha value is -1.35. The molecule has 0 heterocycles. The Kier molecular flexibility index (Phi) is 2.73. The van der Waals surface area contributed by atoms with E-state index in [-0.39, 0.29) is 4.69 Å². The van der Waals surface area contributed by atoms with Crippen LogP contribution in [0, 0.1) is 0 Å². The van der Waals surface area contributed by atoms with E-state index < -0.39 is 0 Å². The first-order chi connectivity index (χ1) is 7.24. The van der Waals surface area contributed by atoms with Crippen molar-refractivity contribution in [2.45, 2.75) is 0 Å². The molecule has 0 amide bonds. The highest BCUT2D eigenvalue weighted by atomic mass is 79.9. The molecule has 2 rings (SSSR count). The number of benzene rings is 2. The van der Waals surface area contributed by atoms with Gasteiger partial charge in [-0.2, -0.15) is 0 Å². The Morgan fingerprint density at radius 1 is 1.20 bits per heavy atom. The Balaban J connectivity index is 2.85. The Bertz CT molecular complexity index is 520. The van der Waals surface area contributed by atoms with Crippen molar-refractivity contribution in [2.24, 2.45) is 0 Å². The molecule has 3 heteroatoms. The third-order valence-corrected chi connectivity index (χ3v) is 2.70. The van der Waals surface area contributed by atoms with Gasteiger partial charge in [-0.3, -0.25) is 4.79 Å². The highest BCUT2D eigenvalue weighted by Gasteiger charge is 2.12. The van der Waals surface area contributed by atoms with Gasteiger partial charge in [0.1, 0.15) is 5.75 Å². The van der Waals surface area contributed by atoms with Crippen LogP contribution in [0.4, 0.5) is 0 Å². The summed E-state index contributed by atoms with van der Waals surface area (Å²) in [5.41, 5.74) is 0.579. The van der Waals surface area contributed by atoms with E-state index in [0.29, 0.717) is 11.3 Å². The summed E-state index contributed by atoms with van der Waals surface area (Å²) in [6, 6.07) is 11.5. The molecule has 0 fully saturated rings. The molecule has 76 valence electrons. The van der Waals surface area contributed by atoms with Crippen molar-refractivity contribution in [1.82, 2.24) is 0 Å². The quantitative estimate of drug-likeness (QED) is 0.778. The van der Waals surface area contributed by atoms with Gasteiger partial charge in [-0.25, -0.2) is 0 Å². The summed E-state index contributed by atoms with van der Waals surface area (Å²) in [4.78, 5) is 11.5. The lowest BCUT2D eigenvalue weighted by atomic mass is 10.0. The molecular formula is C12H9BrO2. The van der Waals surface area contributed by atoms with Crippen molar-refractivity contribution in [3.63, 3.8) is 0 Å². The molecule has 0 spiro atoms. The molecule has 0 aromatic heterocycles. The van der Waals surface area contributed by atoms with E-state index in [1.807, 2.05) is 30.3 Å². The number of carbonyl (C=O) groups excluding carboxylic acids is 1. The predicted molar refractivity (Wildman–Crippen MR) is 63.8 cm³/mol. The molecule has 0 unspecified atom stereocenters. The second-order valence-corrected chi connectivity index (χ2v) is 3.86. The number of hydrogen-bond donors (Lipinski definition) is 0. The summed E-state index contributed by atoms with van der Waals surface area (Å²) in [5.74, 6) is 0.593. The fourth-order valence-electron chi connectivity index (χ4n) is 1.62. The number of methoxy groups -OCH3 is 1. The molecular weight excluding hydrogens is 256 g/mol. The molecule has 15 heavy (non-hydrogen) atoms. The van der Waals surface area contributed by atoms with Crippen LogP contribution in [0.1, 0.15) is 10.4 Å². The molecule has 0 aliphatic carbocycles. The third kappa shape index (κ3) is 1.75. The van der Waals surface area contributed by atoms with Crippen LogP contribution < -0.4 is 4.74 Å². The van der Waals surface area contributed by atoms with Crippen LogP contribution in [0.15, 0.2) is 36.4 Å². The van der Waals surface area contributed by atoms with Gasteiger partial charge in [0.15, 0.2) is 0 Å². The van der Waals surface area contributed by atoms with Gasteiger partial charge < -0.3 is 4.74 Å². The second kappa shape index (κ2) is 4.03. The zero-order chi connectivity index (χ0) is 10.8. The lowest BCUT2D eigenvalue weighted by molar-refractivity contribution is 0.109. The zero-order valence-corrected chi connectivity index (χ0v) is 9.74. The van der Waals surface area contributed by atoms with Crippen molar-refractivity contribution in [2.75, 3.05) is 7.11 Å². The summed E-state index contributed by atoms with van der Waals surface area (Å²) in [6.45, 7) is 0. The fourth-order valence-corrected chi connectivity index (χ4v) is 2.03. The Morgan fingerprint density at radius 2 is 1.93 bits per heavy atom. The maximum atomic E-state index is 11.5. The molecule has 0 saturated heterocycles. The van der Waals surface area contributed by atoms with Crippen molar-refractivity contribution in [3.8, 4) is 5.75 Å². The van der Waals surface area contributed by atoms with Gasteiger partial charge in [0.25, 0.3) is 0 Å². The van der Waals surface area contributed by atoms with E-state index in [4.69, 9.17) is 4.74 Å². The highest BCUT2D eigenvalue weighted by Crippen LogP contribution is 2.29. The first-order valence-corrected chi connectivity index (χ1v) is 5.29. The van der Waals surface area contributed by atoms with Crippen molar-refractivity contribution in [1.29, 1.82) is 0 Å². The second-order valence-electron chi connectivity index (χ2n) is 3.14. The SMILES string of the molecule is COc1ccc2ccccc2c1C(=O)Br. The first-order valence-electron chi connectivity index (χ1n) is 4.49. The molecule has 2 aromatic carbocycles. The van der Waals surface area contributed by atoms with E-state index in [9.17, 15) is 4.79 Å². The van der Waals surface area contributed by atoms with Crippen LogP contribution in [-0.4, -0.2) is 11.8 Å². The minimum Gasteiger partial charge on any atom is -0.496 e. The van der Waals surface area contributed by atoms with Gasteiger partial charge >= 0.3 is 0 Å². The third-order valence-electron chi connectivity index (χ3n) is 2.31. The molecule has 0 radical (unpaired) electrons. The summed E-state index contributed by atoms with van der Waals surface area (Å²) >= 11 is 2.98. The van der Waals surface area contributed by atoms with E-state index in [1.54, 1.807) is 13.2 Å². The van der Waals surface area contributed by atoms with Crippen molar-refractivity contribution < 1.29 is 9.53 Å². The van der Waals surface area contributed by atoms with E-state index in [0.717, 1.165) is 10.8 Å². The maximum Gasteiger partial charge on any atom is 0.232 e. The van der Waals surface area contributed by atoms with Gasteiger partial charge in [0.2, 0.25) is 4.69 Å². The monoisotopic (exact) mass is 264 g/mol. The van der Waals surface area contributed by atoms with Crippen LogP contribution >= 0.6 is 15.9 Å². The van der Waals surface area contributed by atoms with Gasteiger partial charge in [0.05, 0.1) is 12.7 Å². The van der Waals surface area contributed by atoms with Crippen LogP contribution in [0.5, 0.6) is 5.75 Å². The molecule has 0 atom stereocenters. The smallest absolute Gasteiger partial charge is 0.232 e. The molecule has 0 aliphatic rings. The number of ether oxygens (including phenoxy) is 1. The predicted octanol–water partition coefficient (Wildman–Crippen LogP) is 3.38. The van der Waals surface area contributed by atoms with Crippen molar-refractivity contribution >= 4 is 31.4 Å². The Labute approximate surface area is 96.0 Å². The summed E-state index contributed by atoms with van der Waals surface area (Å²) in [6.07, 6.45) is 0. The maximum absolute atomic E-state index is 11.5. The fraction of sp³-hybridized carbons (Fsp3) is 0.0833. The molecule has 2 aromatic rings. The highest BCUT2D eigenvalue weighted by molar-refractivity contribution is 9.18. The lowest BCUT2D eigenvalue weighted by Crippen LogP contribution is -1.96. The summed E-state index contributed by atoms with van der Waals surface area (Å²) in [7, 11) is 1.56. The number of hydrogen-bond acceptors (Lipinski definition) is 2. The van der Waals surface area contributed by atoms with E-state index in [2.05, 4.69) is 15.9 Å². The normalized spacial score (nSPS) is 10.3. The average Bonchev–Trinajstić information content (AvgIpc) is 2.27. The molecule has 0 saturated carbocycles. The summed E-state index contributed by atoms with van der Waals surface area (Å²) in [5, 5.41) is 1.93. The van der Waals surface area contributed by atoms with Gasteiger partial charge in [0, 0.05) is 0 Å². The minimum atomic E-state index is -0.156. The van der Waals surface area contributed by atoms with Crippen LogP contribution in [0.2, 0.25) is 0 Å². The molecule has 0 bridgehead atoms. The number of carbonyl (C=O) groups is 1. The minimum absolute atomic E-state index is 0.156. The number of halogens is 1. The van der Waals surface area contributed by atoms with Gasteiger partial charge in [-0.15, -0.1) is 0 Å². The van der Waals surface area contributed by atoms with Crippen LogP contribution in [0.25, 0.3) is 10.8 Å². The number of rotatable bonds is 2. The Morgan fingerprint density at radius 3 is 2.60 bits per heavy atom. The van der Waals surface area contributed by atoms with Crippen LogP contribution in [-0.2, 0) is 0 Å². The average molecular weight is 265 g/mol. The summed E-state index contributed by atoms with van der Waals surface area (Å²) < 4.78 is 5.01. The van der Waals surface area contributed by atoms with Crippen molar-refractivity contribution in [3.05, 3.63) is 42.0 Å². The molecule has 2 nitrogen and oxygen atoms in total.